The Morgan fingerprint density at radius 3 is 2.50 bits per heavy atom. The Morgan fingerprint density at radius 1 is 1.15 bits per heavy atom. The van der Waals surface area contributed by atoms with Gasteiger partial charge in [0.1, 0.15) is 5.75 Å². The van der Waals surface area contributed by atoms with E-state index >= 15 is 0 Å². The smallest absolute Gasteiger partial charge is 0.264 e. The number of hydrogen-bond acceptors (Lipinski definition) is 5. The third-order valence-corrected chi connectivity index (χ3v) is 4.16. The normalized spacial score (nSPS) is 10.1. The zero-order chi connectivity index (χ0) is 19.3. The van der Waals surface area contributed by atoms with E-state index in [1.807, 2.05) is 6.92 Å². The van der Waals surface area contributed by atoms with Gasteiger partial charge >= 0.3 is 0 Å². The number of ether oxygens (including phenoxy) is 1. The number of carbonyl (C=O) groups is 2. The molecule has 0 unspecified atom stereocenters. The molecule has 0 aliphatic heterocycles. The summed E-state index contributed by atoms with van der Waals surface area (Å²) >= 11 is 16.9. The first-order valence-electron chi connectivity index (χ1n) is 7.27. The third-order valence-electron chi connectivity index (χ3n) is 3.20. The predicted octanol–water partition coefficient (Wildman–Crippen LogP) is 2.56. The number of nitrogens with one attached hydrogen (secondary N) is 2. The molecule has 0 radical (unpaired) electrons. The number of rotatable bonds is 5. The van der Waals surface area contributed by atoms with Crippen molar-refractivity contribution in [2.75, 3.05) is 11.9 Å². The van der Waals surface area contributed by atoms with E-state index in [1.54, 1.807) is 18.2 Å². The lowest BCUT2D eigenvalue weighted by Crippen LogP contribution is -2.37. The molecule has 0 aliphatic rings. The molecule has 0 fully saturated rings. The molecule has 0 saturated carbocycles. The maximum Gasteiger partial charge on any atom is 0.264 e. The van der Waals surface area contributed by atoms with Crippen molar-refractivity contribution in [3.8, 4) is 5.75 Å². The lowest BCUT2D eigenvalue weighted by molar-refractivity contribution is -0.255. The summed E-state index contributed by atoms with van der Waals surface area (Å²) in [6.45, 7) is 1.55. The standard InChI is InChI=1S/C17H14Cl2N2O4S/c1-9-6-11(3-5-12(9)18)25-8-15(22)21-17(26)20-14-7-10(16(23)24)2-4-13(14)19/h2-7H,8H2,1H3,(H,23,24)(H2,20,21,22,26)/p-1. The number of aromatic carboxylic acids is 1. The first-order valence-corrected chi connectivity index (χ1v) is 8.43. The van der Waals surface area contributed by atoms with E-state index in [2.05, 4.69) is 10.6 Å². The molecule has 0 heterocycles. The second-order valence-electron chi connectivity index (χ2n) is 5.18. The van der Waals surface area contributed by atoms with Crippen LogP contribution < -0.4 is 20.5 Å². The molecule has 0 aromatic heterocycles. The van der Waals surface area contributed by atoms with Crippen LogP contribution in [0, 0.1) is 6.92 Å². The van der Waals surface area contributed by atoms with E-state index in [9.17, 15) is 14.7 Å². The van der Waals surface area contributed by atoms with Gasteiger partial charge in [0.15, 0.2) is 11.7 Å². The van der Waals surface area contributed by atoms with Gasteiger partial charge in [0.2, 0.25) is 0 Å². The summed E-state index contributed by atoms with van der Waals surface area (Å²) in [5.74, 6) is -1.36. The van der Waals surface area contributed by atoms with Crippen LogP contribution in [0.3, 0.4) is 0 Å². The van der Waals surface area contributed by atoms with Crippen molar-refractivity contribution in [1.29, 1.82) is 0 Å². The van der Waals surface area contributed by atoms with Gasteiger partial charge in [-0.25, -0.2) is 0 Å². The second kappa shape index (κ2) is 8.84. The summed E-state index contributed by atoms with van der Waals surface area (Å²) in [7, 11) is 0. The van der Waals surface area contributed by atoms with E-state index in [4.69, 9.17) is 40.2 Å². The largest absolute Gasteiger partial charge is 0.545 e. The van der Waals surface area contributed by atoms with Gasteiger partial charge in [-0.15, -0.1) is 0 Å². The summed E-state index contributed by atoms with van der Waals surface area (Å²) in [6, 6.07) is 8.95. The number of carboxylic acid groups (broad SMARTS) is 1. The van der Waals surface area contributed by atoms with E-state index in [-0.39, 0.29) is 28.0 Å². The van der Waals surface area contributed by atoms with Crippen molar-refractivity contribution in [3.63, 3.8) is 0 Å². The monoisotopic (exact) mass is 411 g/mol. The number of thiocarbonyl (C=S) groups is 1. The molecule has 0 bridgehead atoms. The second-order valence-corrected chi connectivity index (χ2v) is 6.41. The Kier molecular flexibility index (Phi) is 6.79. The molecule has 0 aliphatic carbocycles. The third kappa shape index (κ3) is 5.59. The molecule has 26 heavy (non-hydrogen) atoms. The van der Waals surface area contributed by atoms with Crippen molar-refractivity contribution in [1.82, 2.24) is 5.32 Å². The van der Waals surface area contributed by atoms with Crippen LogP contribution in [0.15, 0.2) is 36.4 Å². The molecule has 0 saturated heterocycles. The summed E-state index contributed by atoms with van der Waals surface area (Å²) in [4.78, 5) is 22.8. The molecule has 2 rings (SSSR count). The zero-order valence-electron chi connectivity index (χ0n) is 13.5. The van der Waals surface area contributed by atoms with Crippen LogP contribution in [0.25, 0.3) is 0 Å². The van der Waals surface area contributed by atoms with Crippen LogP contribution >= 0.6 is 35.4 Å². The van der Waals surface area contributed by atoms with Crippen LogP contribution in [0.1, 0.15) is 15.9 Å². The van der Waals surface area contributed by atoms with Crippen LogP contribution in [-0.4, -0.2) is 23.6 Å². The van der Waals surface area contributed by atoms with Crippen molar-refractivity contribution < 1.29 is 19.4 Å². The molecule has 0 spiro atoms. The van der Waals surface area contributed by atoms with Gasteiger partial charge in [0, 0.05) is 5.02 Å². The summed E-state index contributed by atoms with van der Waals surface area (Å²) < 4.78 is 5.36. The molecule has 0 atom stereocenters. The highest BCUT2D eigenvalue weighted by Gasteiger charge is 2.09. The van der Waals surface area contributed by atoms with E-state index in [0.29, 0.717) is 10.8 Å². The topological polar surface area (TPSA) is 90.5 Å². The van der Waals surface area contributed by atoms with Crippen molar-refractivity contribution in [2.45, 2.75) is 6.92 Å². The van der Waals surface area contributed by atoms with Gasteiger partial charge in [-0.05, 0) is 60.6 Å². The lowest BCUT2D eigenvalue weighted by atomic mass is 10.2. The minimum absolute atomic E-state index is 0.0525. The SMILES string of the molecule is Cc1cc(OCC(=O)NC(=S)Nc2cc(C(=O)[O-])ccc2Cl)ccc1Cl. The Hall–Kier alpha value is -2.35. The molecular formula is C17H13Cl2N2O4S-. The number of aryl methyl sites for hydroxylation is 1. The maximum atomic E-state index is 11.9. The summed E-state index contributed by atoms with van der Waals surface area (Å²) in [5.41, 5.74) is 0.976. The number of anilines is 1. The first kappa shape index (κ1) is 20.0. The number of carbonyl (C=O) groups excluding carboxylic acids is 2. The first-order chi connectivity index (χ1) is 12.3. The fourth-order valence-electron chi connectivity index (χ4n) is 1.92. The molecule has 136 valence electrons. The maximum absolute atomic E-state index is 11.9. The number of benzene rings is 2. The molecular weight excluding hydrogens is 399 g/mol. The van der Waals surface area contributed by atoms with E-state index in [0.717, 1.165) is 5.56 Å². The molecule has 2 N–H and O–H groups in total. The Labute approximate surface area is 165 Å². The molecule has 2 aromatic carbocycles. The Bertz CT molecular complexity index is 874. The predicted molar refractivity (Wildman–Crippen MR) is 102 cm³/mol. The highest BCUT2D eigenvalue weighted by molar-refractivity contribution is 7.80. The highest BCUT2D eigenvalue weighted by Crippen LogP contribution is 2.23. The van der Waals surface area contributed by atoms with Gasteiger partial charge in [-0.2, -0.15) is 0 Å². The summed E-state index contributed by atoms with van der Waals surface area (Å²) in [5, 5.41) is 16.7. The van der Waals surface area contributed by atoms with Crippen LogP contribution in [-0.2, 0) is 4.79 Å². The zero-order valence-corrected chi connectivity index (χ0v) is 15.8. The number of amides is 1. The van der Waals surface area contributed by atoms with E-state index in [1.165, 1.54) is 18.2 Å². The average molecular weight is 412 g/mol. The highest BCUT2D eigenvalue weighted by atomic mass is 35.5. The molecule has 2 aromatic rings. The van der Waals surface area contributed by atoms with Gasteiger partial charge in [0.25, 0.3) is 5.91 Å². The van der Waals surface area contributed by atoms with Crippen LogP contribution in [0.2, 0.25) is 10.0 Å². The lowest BCUT2D eigenvalue weighted by Gasteiger charge is -2.13. The van der Waals surface area contributed by atoms with Crippen molar-refractivity contribution >= 4 is 58.1 Å². The van der Waals surface area contributed by atoms with E-state index < -0.39 is 11.9 Å². The van der Waals surface area contributed by atoms with Crippen LogP contribution in [0.5, 0.6) is 5.75 Å². The molecule has 9 heteroatoms. The van der Waals surface area contributed by atoms with Crippen LogP contribution in [0.4, 0.5) is 5.69 Å². The number of halogens is 2. The quantitative estimate of drug-likeness (QED) is 0.734. The minimum Gasteiger partial charge on any atom is -0.545 e. The number of carboxylic acids is 1. The fraction of sp³-hybridized carbons (Fsp3) is 0.118. The number of hydrogen-bond donors (Lipinski definition) is 2. The summed E-state index contributed by atoms with van der Waals surface area (Å²) in [6.07, 6.45) is 0. The van der Waals surface area contributed by atoms with Gasteiger partial charge in [0.05, 0.1) is 16.7 Å². The van der Waals surface area contributed by atoms with Gasteiger partial charge in [-0.3, -0.25) is 10.1 Å². The Balaban J connectivity index is 1.91. The molecule has 6 nitrogen and oxygen atoms in total. The van der Waals surface area contributed by atoms with Crippen molar-refractivity contribution in [3.05, 3.63) is 57.6 Å². The minimum atomic E-state index is -1.36. The van der Waals surface area contributed by atoms with Crippen molar-refractivity contribution in [2.24, 2.45) is 0 Å². The average Bonchev–Trinajstić information content (AvgIpc) is 2.57. The van der Waals surface area contributed by atoms with Gasteiger partial charge < -0.3 is 20.0 Å². The van der Waals surface area contributed by atoms with Gasteiger partial charge in [-0.1, -0.05) is 29.3 Å². The Morgan fingerprint density at radius 2 is 1.85 bits per heavy atom. The molecule has 1 amide bonds. The fourth-order valence-corrected chi connectivity index (χ4v) is 2.43.